The van der Waals surface area contributed by atoms with E-state index in [9.17, 15) is 4.79 Å². The maximum absolute atomic E-state index is 15.1. The summed E-state index contributed by atoms with van der Waals surface area (Å²) in [5.74, 6) is -2.37. The zero-order chi connectivity index (χ0) is 22.8. The normalized spacial score (nSPS) is 16.0. The molecule has 2 aromatic heterocycles. The van der Waals surface area contributed by atoms with Crippen LogP contribution in [0.15, 0.2) is 48.8 Å². The van der Waals surface area contributed by atoms with Gasteiger partial charge in [0.2, 0.25) is 0 Å². The Kier molecular flexibility index (Phi) is 3.64. The molecular formula is C23H18F2N4O. The van der Waals surface area contributed by atoms with Crippen LogP contribution in [0.4, 0.5) is 8.78 Å². The predicted molar refractivity (Wildman–Crippen MR) is 109 cm³/mol. The van der Waals surface area contributed by atoms with Crippen LogP contribution in [0.25, 0.3) is 22.0 Å². The summed E-state index contributed by atoms with van der Waals surface area (Å²) in [4.78, 5) is 17.5. The molecule has 4 aromatic rings. The van der Waals surface area contributed by atoms with Gasteiger partial charge in [-0.1, -0.05) is 6.07 Å². The number of aryl methyl sites for hydroxylation is 2. The Morgan fingerprint density at radius 3 is 2.67 bits per heavy atom. The minimum Gasteiger partial charge on any atom is -0.328 e. The van der Waals surface area contributed by atoms with Gasteiger partial charge >= 0.3 is 0 Å². The second-order valence-electron chi connectivity index (χ2n) is 7.37. The number of rotatable bonds is 3. The molecule has 0 spiro atoms. The molecule has 30 heavy (non-hydrogen) atoms. The molecule has 0 N–H and O–H groups in total. The van der Waals surface area contributed by atoms with E-state index in [0.717, 1.165) is 15.8 Å². The van der Waals surface area contributed by atoms with Crippen molar-refractivity contribution in [3.05, 3.63) is 82.8 Å². The van der Waals surface area contributed by atoms with Gasteiger partial charge in [-0.2, -0.15) is 5.10 Å². The maximum Gasteiger partial charge on any atom is 0.256 e. The SMILES string of the molecule is [2H]C1([2H])c2ncccc2C(=O)N1Cc1c(F)cc(-c2cc(C)cc3nn(C)cc23)cc1F. The van der Waals surface area contributed by atoms with Crippen molar-refractivity contribution in [2.45, 2.75) is 20.0 Å². The number of aromatic nitrogens is 3. The van der Waals surface area contributed by atoms with Gasteiger partial charge < -0.3 is 4.90 Å². The Hall–Kier alpha value is -3.61. The predicted octanol–water partition coefficient (Wildman–Crippen LogP) is 4.38. The van der Waals surface area contributed by atoms with Crippen molar-refractivity contribution in [1.29, 1.82) is 0 Å². The van der Waals surface area contributed by atoms with E-state index in [4.69, 9.17) is 2.74 Å². The molecule has 0 atom stereocenters. The number of nitrogens with zero attached hydrogens (tertiary/aromatic N) is 4. The van der Waals surface area contributed by atoms with Gasteiger partial charge in [0.25, 0.3) is 5.91 Å². The van der Waals surface area contributed by atoms with Crippen LogP contribution < -0.4 is 0 Å². The summed E-state index contributed by atoms with van der Waals surface area (Å²) in [6.07, 6.45) is 3.17. The molecule has 2 aromatic carbocycles. The molecule has 1 aliphatic rings. The van der Waals surface area contributed by atoms with E-state index in [0.29, 0.717) is 16.6 Å². The average molecular weight is 406 g/mol. The zero-order valence-corrected chi connectivity index (χ0v) is 16.3. The number of halogens is 2. The first-order valence-electron chi connectivity index (χ1n) is 10.4. The standard InChI is InChI=1S/C23H18F2N4O/c1-13-6-16(17-10-28(2)27-21(17)7-13)14-8-19(24)18(20(25)9-14)11-29-12-22-15(23(29)30)4-3-5-26-22/h3-10H,11-12H2,1-2H3/i12D2. The maximum atomic E-state index is 15.1. The first-order chi connectivity index (χ1) is 15.2. The van der Waals surface area contributed by atoms with E-state index in [2.05, 4.69) is 10.1 Å². The quantitative estimate of drug-likeness (QED) is 0.507. The van der Waals surface area contributed by atoms with Crippen molar-refractivity contribution in [3.63, 3.8) is 0 Å². The highest BCUT2D eigenvalue weighted by atomic mass is 19.1. The number of hydrogen-bond donors (Lipinski definition) is 0. The minimum atomic E-state index is -2.27. The van der Waals surface area contributed by atoms with Gasteiger partial charge in [0, 0.05) is 30.4 Å². The Morgan fingerprint density at radius 1 is 1.17 bits per heavy atom. The van der Waals surface area contributed by atoms with Crippen LogP contribution in [0.1, 0.15) is 29.9 Å². The van der Waals surface area contributed by atoms with Crippen LogP contribution in [-0.2, 0) is 20.1 Å². The van der Waals surface area contributed by atoms with Crippen LogP contribution in [0.2, 0.25) is 0 Å². The van der Waals surface area contributed by atoms with E-state index in [1.165, 1.54) is 30.5 Å². The van der Waals surface area contributed by atoms with Crippen molar-refractivity contribution in [1.82, 2.24) is 19.7 Å². The van der Waals surface area contributed by atoms with Gasteiger partial charge in [0.1, 0.15) is 11.6 Å². The number of carbonyl (C=O) groups excluding carboxylic acids is 1. The minimum absolute atomic E-state index is 0.0545. The summed E-state index contributed by atoms with van der Waals surface area (Å²) in [6.45, 7) is -0.953. The van der Waals surface area contributed by atoms with Gasteiger partial charge in [-0.15, -0.1) is 0 Å². The fraction of sp³-hybridized carbons (Fsp3) is 0.174. The zero-order valence-electron chi connectivity index (χ0n) is 18.3. The summed E-state index contributed by atoms with van der Waals surface area (Å²) >= 11 is 0. The summed E-state index contributed by atoms with van der Waals surface area (Å²) in [6, 6.07) is 9.13. The van der Waals surface area contributed by atoms with Gasteiger partial charge in [-0.25, -0.2) is 8.78 Å². The highest BCUT2D eigenvalue weighted by Gasteiger charge is 2.29. The highest BCUT2D eigenvalue weighted by Crippen LogP contribution is 2.33. The number of hydrogen-bond acceptors (Lipinski definition) is 3. The molecule has 7 heteroatoms. The van der Waals surface area contributed by atoms with Crippen LogP contribution in [0.5, 0.6) is 0 Å². The van der Waals surface area contributed by atoms with E-state index in [1.807, 2.05) is 19.1 Å². The Labute approximate surface area is 174 Å². The first kappa shape index (κ1) is 16.2. The lowest BCUT2D eigenvalue weighted by atomic mass is 9.98. The number of benzene rings is 2. The molecule has 0 radical (unpaired) electrons. The Morgan fingerprint density at radius 2 is 1.93 bits per heavy atom. The van der Waals surface area contributed by atoms with Crippen molar-refractivity contribution in [3.8, 4) is 11.1 Å². The van der Waals surface area contributed by atoms with Crippen molar-refractivity contribution in [2.75, 3.05) is 0 Å². The fourth-order valence-corrected chi connectivity index (χ4v) is 3.79. The van der Waals surface area contributed by atoms with E-state index in [1.54, 1.807) is 17.9 Å². The highest BCUT2D eigenvalue weighted by molar-refractivity contribution is 5.98. The third kappa shape index (κ3) is 2.94. The lowest BCUT2D eigenvalue weighted by Crippen LogP contribution is -2.24. The number of amides is 1. The van der Waals surface area contributed by atoms with Crippen LogP contribution in [0.3, 0.4) is 0 Å². The first-order valence-corrected chi connectivity index (χ1v) is 9.36. The van der Waals surface area contributed by atoms with Gasteiger partial charge in [0.15, 0.2) is 0 Å². The second-order valence-corrected chi connectivity index (χ2v) is 7.37. The largest absolute Gasteiger partial charge is 0.328 e. The lowest BCUT2D eigenvalue weighted by Gasteiger charge is -2.17. The molecule has 0 aliphatic carbocycles. The molecule has 1 amide bonds. The van der Waals surface area contributed by atoms with E-state index < -0.39 is 30.6 Å². The van der Waals surface area contributed by atoms with E-state index in [-0.39, 0.29) is 16.8 Å². The average Bonchev–Trinajstić information content (AvgIpc) is 3.19. The molecule has 5 rings (SSSR count). The summed E-state index contributed by atoms with van der Waals surface area (Å²) in [7, 11) is 1.78. The molecule has 5 nitrogen and oxygen atoms in total. The molecule has 0 saturated heterocycles. The van der Waals surface area contributed by atoms with E-state index >= 15 is 8.78 Å². The van der Waals surface area contributed by atoms with Crippen molar-refractivity contribution >= 4 is 16.8 Å². The Bertz CT molecular complexity index is 1390. The summed E-state index contributed by atoms with van der Waals surface area (Å²) in [5, 5.41) is 5.13. The molecule has 0 unspecified atom stereocenters. The molecule has 0 bridgehead atoms. The monoisotopic (exact) mass is 406 g/mol. The second kappa shape index (κ2) is 6.73. The van der Waals surface area contributed by atoms with Crippen LogP contribution in [0, 0.1) is 18.6 Å². The van der Waals surface area contributed by atoms with Gasteiger partial charge in [-0.3, -0.25) is 14.5 Å². The molecule has 1 aliphatic heterocycles. The third-order valence-corrected chi connectivity index (χ3v) is 5.18. The van der Waals surface area contributed by atoms with Crippen LogP contribution >= 0.6 is 0 Å². The molecule has 3 heterocycles. The van der Waals surface area contributed by atoms with Gasteiger partial charge in [0.05, 0.1) is 32.6 Å². The Balaban J connectivity index is 1.56. The fourth-order valence-electron chi connectivity index (χ4n) is 3.79. The van der Waals surface area contributed by atoms with Crippen molar-refractivity contribution in [2.24, 2.45) is 7.05 Å². The molecule has 0 saturated carbocycles. The summed E-state index contributed by atoms with van der Waals surface area (Å²) < 4.78 is 48.5. The number of carbonyl (C=O) groups is 1. The third-order valence-electron chi connectivity index (χ3n) is 5.18. The summed E-state index contributed by atoms with van der Waals surface area (Å²) in [5.41, 5.74) is 2.25. The molecule has 0 fully saturated rings. The topological polar surface area (TPSA) is 51.0 Å². The van der Waals surface area contributed by atoms with Gasteiger partial charge in [-0.05, 0) is 53.9 Å². The lowest BCUT2D eigenvalue weighted by molar-refractivity contribution is 0.0763. The van der Waals surface area contributed by atoms with Crippen molar-refractivity contribution < 1.29 is 16.3 Å². The number of pyridine rings is 1. The van der Waals surface area contributed by atoms with Crippen LogP contribution in [-0.4, -0.2) is 25.6 Å². The molecule has 150 valence electrons. The number of fused-ring (bicyclic) bond motifs is 2. The smallest absolute Gasteiger partial charge is 0.256 e. The molecular weight excluding hydrogens is 386 g/mol.